The van der Waals surface area contributed by atoms with E-state index in [4.69, 9.17) is 10.5 Å². The van der Waals surface area contributed by atoms with E-state index in [0.717, 1.165) is 0 Å². The number of likely N-dealkylation sites (N-methyl/N-ethyl adjacent to an activating group) is 1. The summed E-state index contributed by atoms with van der Waals surface area (Å²) in [5.74, 6) is -0.132. The molecule has 0 aliphatic carbocycles. The van der Waals surface area contributed by atoms with Gasteiger partial charge in [-0.3, -0.25) is 4.79 Å². The Morgan fingerprint density at radius 3 is 2.44 bits per heavy atom. The zero-order valence-corrected chi connectivity index (χ0v) is 10.2. The van der Waals surface area contributed by atoms with E-state index in [1.54, 1.807) is 33.0 Å². The lowest BCUT2D eigenvalue weighted by Gasteiger charge is -2.28. The minimum atomic E-state index is -0.850. The predicted octanol–water partition coefficient (Wildman–Crippen LogP) is 1.66. The molecule has 0 aromatic heterocycles. The van der Waals surface area contributed by atoms with E-state index in [-0.39, 0.29) is 5.91 Å². The predicted molar refractivity (Wildman–Crippen MR) is 65.4 cm³/mol. The van der Waals surface area contributed by atoms with Gasteiger partial charge in [0.25, 0.3) is 5.91 Å². The number of amides is 1. The first kappa shape index (κ1) is 12.5. The van der Waals surface area contributed by atoms with Gasteiger partial charge in [-0.05, 0) is 26.0 Å². The van der Waals surface area contributed by atoms with Gasteiger partial charge < -0.3 is 15.4 Å². The van der Waals surface area contributed by atoms with Crippen LogP contribution in [0.4, 0.5) is 11.4 Å². The van der Waals surface area contributed by atoms with E-state index >= 15 is 0 Å². The molecule has 0 aliphatic heterocycles. The highest BCUT2D eigenvalue weighted by atomic mass is 16.5. The van der Waals surface area contributed by atoms with Crippen LogP contribution < -0.4 is 10.6 Å². The lowest BCUT2D eigenvalue weighted by molar-refractivity contribution is -0.136. The summed E-state index contributed by atoms with van der Waals surface area (Å²) in [5.41, 5.74) is 6.23. The van der Waals surface area contributed by atoms with Crippen LogP contribution >= 0.6 is 0 Å². The lowest BCUT2D eigenvalue weighted by Crippen LogP contribution is -2.44. The molecule has 0 aliphatic rings. The van der Waals surface area contributed by atoms with Gasteiger partial charge in [0.2, 0.25) is 0 Å². The van der Waals surface area contributed by atoms with Crippen molar-refractivity contribution in [3.63, 3.8) is 0 Å². The second-order valence-corrected chi connectivity index (χ2v) is 4.14. The highest BCUT2D eigenvalue weighted by Gasteiger charge is 2.31. The summed E-state index contributed by atoms with van der Waals surface area (Å²) in [6.45, 7) is 3.45. The number of benzene rings is 1. The normalized spacial score (nSPS) is 11.2. The summed E-state index contributed by atoms with van der Waals surface area (Å²) in [6.07, 6.45) is 0. The van der Waals surface area contributed by atoms with Crippen molar-refractivity contribution >= 4 is 17.3 Å². The molecule has 16 heavy (non-hydrogen) atoms. The zero-order chi connectivity index (χ0) is 12.3. The van der Waals surface area contributed by atoms with Gasteiger partial charge in [0.15, 0.2) is 0 Å². The third kappa shape index (κ3) is 2.33. The Bertz CT molecular complexity index is 388. The number of anilines is 2. The maximum Gasteiger partial charge on any atom is 0.258 e. The van der Waals surface area contributed by atoms with E-state index in [2.05, 4.69) is 0 Å². The number of ether oxygens (including phenoxy) is 1. The van der Waals surface area contributed by atoms with E-state index in [1.807, 2.05) is 12.1 Å². The molecule has 0 radical (unpaired) electrons. The van der Waals surface area contributed by atoms with Gasteiger partial charge in [0, 0.05) is 14.2 Å². The van der Waals surface area contributed by atoms with E-state index in [9.17, 15) is 4.79 Å². The molecular formula is C12H18N2O2. The van der Waals surface area contributed by atoms with Crippen LogP contribution in [0.2, 0.25) is 0 Å². The third-order valence-corrected chi connectivity index (χ3v) is 2.63. The number of carbonyl (C=O) groups is 1. The van der Waals surface area contributed by atoms with Crippen LogP contribution in [0.3, 0.4) is 0 Å². The molecule has 1 rings (SSSR count). The number of hydrogen-bond donors (Lipinski definition) is 1. The third-order valence-electron chi connectivity index (χ3n) is 2.63. The number of hydrogen-bond acceptors (Lipinski definition) is 3. The van der Waals surface area contributed by atoms with Crippen molar-refractivity contribution in [2.45, 2.75) is 19.4 Å². The van der Waals surface area contributed by atoms with Crippen molar-refractivity contribution in [1.29, 1.82) is 0 Å². The molecule has 0 spiro atoms. The summed E-state index contributed by atoms with van der Waals surface area (Å²) in [7, 11) is 3.20. The first-order valence-electron chi connectivity index (χ1n) is 5.08. The molecule has 4 nitrogen and oxygen atoms in total. The topological polar surface area (TPSA) is 55.6 Å². The van der Waals surface area contributed by atoms with Crippen LogP contribution in [-0.2, 0) is 9.53 Å². The zero-order valence-electron chi connectivity index (χ0n) is 10.2. The van der Waals surface area contributed by atoms with Crippen LogP contribution in [0, 0.1) is 0 Å². The Morgan fingerprint density at radius 2 is 1.94 bits per heavy atom. The van der Waals surface area contributed by atoms with Crippen molar-refractivity contribution in [3.05, 3.63) is 24.3 Å². The molecule has 0 unspecified atom stereocenters. The number of methoxy groups -OCH3 is 1. The van der Waals surface area contributed by atoms with Crippen molar-refractivity contribution in [2.75, 3.05) is 24.8 Å². The monoisotopic (exact) mass is 222 g/mol. The molecule has 1 aromatic rings. The molecule has 2 N–H and O–H groups in total. The van der Waals surface area contributed by atoms with E-state index < -0.39 is 5.60 Å². The fourth-order valence-corrected chi connectivity index (χ4v) is 1.39. The van der Waals surface area contributed by atoms with Crippen LogP contribution in [0.25, 0.3) is 0 Å². The van der Waals surface area contributed by atoms with Gasteiger partial charge in [0.05, 0.1) is 11.4 Å². The molecule has 0 atom stereocenters. The number of para-hydroxylation sites is 2. The Kier molecular flexibility index (Phi) is 3.55. The number of carbonyl (C=O) groups excluding carboxylic acids is 1. The fourth-order valence-electron chi connectivity index (χ4n) is 1.39. The number of nitrogens with zero attached hydrogens (tertiary/aromatic N) is 1. The lowest BCUT2D eigenvalue weighted by atomic mass is 10.1. The summed E-state index contributed by atoms with van der Waals surface area (Å²) in [5, 5.41) is 0. The number of rotatable bonds is 3. The first-order chi connectivity index (χ1) is 7.40. The second kappa shape index (κ2) is 4.53. The SMILES string of the molecule is COC(C)(C)C(=O)N(C)c1ccccc1N. The Morgan fingerprint density at radius 1 is 1.38 bits per heavy atom. The summed E-state index contributed by atoms with van der Waals surface area (Å²) in [4.78, 5) is 13.6. The maximum atomic E-state index is 12.1. The Balaban J connectivity index is 3.00. The van der Waals surface area contributed by atoms with Gasteiger partial charge in [0.1, 0.15) is 5.60 Å². The minimum absolute atomic E-state index is 0.132. The minimum Gasteiger partial charge on any atom is -0.397 e. The van der Waals surface area contributed by atoms with Crippen LogP contribution in [0.5, 0.6) is 0 Å². The fraction of sp³-hybridized carbons (Fsp3) is 0.417. The highest BCUT2D eigenvalue weighted by Crippen LogP contribution is 2.24. The second-order valence-electron chi connectivity index (χ2n) is 4.14. The van der Waals surface area contributed by atoms with Crippen molar-refractivity contribution in [3.8, 4) is 0 Å². The van der Waals surface area contributed by atoms with E-state index in [1.165, 1.54) is 12.0 Å². The first-order valence-corrected chi connectivity index (χ1v) is 5.08. The number of nitrogens with two attached hydrogens (primary N) is 1. The van der Waals surface area contributed by atoms with Crippen LogP contribution in [0.15, 0.2) is 24.3 Å². The Hall–Kier alpha value is -1.55. The van der Waals surface area contributed by atoms with Gasteiger partial charge in [-0.2, -0.15) is 0 Å². The average Bonchev–Trinajstić information content (AvgIpc) is 2.27. The largest absolute Gasteiger partial charge is 0.397 e. The van der Waals surface area contributed by atoms with Gasteiger partial charge in [-0.1, -0.05) is 12.1 Å². The average molecular weight is 222 g/mol. The summed E-state index contributed by atoms with van der Waals surface area (Å²) < 4.78 is 5.15. The van der Waals surface area contributed by atoms with Gasteiger partial charge in [-0.25, -0.2) is 0 Å². The maximum absolute atomic E-state index is 12.1. The van der Waals surface area contributed by atoms with Crippen molar-refractivity contribution < 1.29 is 9.53 Å². The molecular weight excluding hydrogens is 204 g/mol. The highest BCUT2D eigenvalue weighted by molar-refractivity contribution is 6.00. The summed E-state index contributed by atoms with van der Waals surface area (Å²) >= 11 is 0. The Labute approximate surface area is 96.0 Å². The van der Waals surface area contributed by atoms with Crippen LogP contribution in [0.1, 0.15) is 13.8 Å². The smallest absolute Gasteiger partial charge is 0.258 e. The molecule has 88 valence electrons. The molecule has 0 heterocycles. The van der Waals surface area contributed by atoms with Crippen molar-refractivity contribution in [2.24, 2.45) is 0 Å². The van der Waals surface area contributed by atoms with Gasteiger partial charge in [-0.15, -0.1) is 0 Å². The van der Waals surface area contributed by atoms with Gasteiger partial charge >= 0.3 is 0 Å². The van der Waals surface area contributed by atoms with Crippen LogP contribution in [-0.4, -0.2) is 25.7 Å². The van der Waals surface area contributed by atoms with E-state index in [0.29, 0.717) is 11.4 Å². The molecule has 1 aromatic carbocycles. The molecule has 0 fully saturated rings. The standard InChI is InChI=1S/C12H18N2O2/c1-12(2,16-4)11(15)14(3)10-8-6-5-7-9(10)13/h5-8H,13H2,1-4H3. The number of nitrogen functional groups attached to an aromatic ring is 1. The van der Waals surface area contributed by atoms with Crippen molar-refractivity contribution in [1.82, 2.24) is 0 Å². The molecule has 0 saturated carbocycles. The quantitative estimate of drug-likeness (QED) is 0.791. The molecule has 0 saturated heterocycles. The summed E-state index contributed by atoms with van der Waals surface area (Å²) in [6, 6.07) is 7.24. The molecule has 4 heteroatoms. The molecule has 1 amide bonds. The molecule has 0 bridgehead atoms.